The molecule has 28 heavy (non-hydrogen) atoms. The van der Waals surface area contributed by atoms with Crippen LogP contribution in [0.5, 0.6) is 0 Å². The summed E-state index contributed by atoms with van der Waals surface area (Å²) in [6, 6.07) is 0. The first-order chi connectivity index (χ1) is 13.1. The molecular weight excluding hydrogens is 397 g/mol. The molecule has 9 heteroatoms. The first kappa shape index (κ1) is 18.4. The van der Waals surface area contributed by atoms with E-state index in [0.717, 1.165) is 37.5 Å². The number of hydrogen-bond donors (Lipinski definition) is 1. The Morgan fingerprint density at radius 1 is 0.929 bits per heavy atom. The molecule has 1 aliphatic heterocycles. The van der Waals surface area contributed by atoms with Crippen LogP contribution in [0.4, 0.5) is 13.2 Å². The highest BCUT2D eigenvalue weighted by atomic mass is 32.2. The number of fused-ring (bicyclic) bond motifs is 5. The third-order valence-electron chi connectivity index (χ3n) is 8.87. The summed E-state index contributed by atoms with van der Waals surface area (Å²) in [5.74, 6) is -0.255. The Morgan fingerprint density at radius 3 is 2.07 bits per heavy atom. The fraction of sp³-hybridized carbons (Fsp3) is 1.00. The molecule has 0 aromatic carbocycles. The Morgan fingerprint density at radius 2 is 1.50 bits per heavy atom. The molecule has 6 saturated carbocycles. The summed E-state index contributed by atoms with van der Waals surface area (Å²) in [7, 11) is -5.80. The van der Waals surface area contributed by atoms with E-state index in [-0.39, 0.29) is 18.4 Å². The van der Waals surface area contributed by atoms with Crippen LogP contribution in [-0.4, -0.2) is 42.4 Å². The van der Waals surface area contributed by atoms with Crippen LogP contribution in [0.3, 0.4) is 0 Å². The second-order valence-corrected chi connectivity index (χ2v) is 11.7. The molecule has 0 aromatic rings. The smallest absolute Gasteiger partial charge is 0.343 e. The summed E-state index contributed by atoms with van der Waals surface area (Å²) in [5.41, 5.74) is 0. The van der Waals surface area contributed by atoms with Gasteiger partial charge in [-0.1, -0.05) is 0 Å². The van der Waals surface area contributed by atoms with E-state index >= 15 is 0 Å². The van der Waals surface area contributed by atoms with Crippen LogP contribution in [0.2, 0.25) is 0 Å². The zero-order valence-corrected chi connectivity index (χ0v) is 16.2. The van der Waals surface area contributed by atoms with Crippen LogP contribution in [0.25, 0.3) is 0 Å². The summed E-state index contributed by atoms with van der Waals surface area (Å²) < 4.78 is 86.4. The molecule has 1 spiro atoms. The largest absolute Gasteiger partial charge is 0.400 e. The fourth-order valence-corrected chi connectivity index (χ4v) is 8.49. The number of ether oxygens (including phenoxy) is 2. The molecule has 6 bridgehead atoms. The highest BCUT2D eigenvalue weighted by molar-refractivity contribution is 7.86. The Labute approximate surface area is 162 Å². The van der Waals surface area contributed by atoms with Crippen molar-refractivity contribution in [2.45, 2.75) is 74.4 Å². The maximum absolute atomic E-state index is 14.6. The van der Waals surface area contributed by atoms with Gasteiger partial charge in [-0.3, -0.25) is 4.55 Å². The van der Waals surface area contributed by atoms with Crippen LogP contribution < -0.4 is 0 Å². The molecule has 1 N–H and O–H groups in total. The van der Waals surface area contributed by atoms with Crippen LogP contribution in [0.1, 0.15) is 44.9 Å². The predicted molar refractivity (Wildman–Crippen MR) is 90.6 cm³/mol. The van der Waals surface area contributed by atoms with Gasteiger partial charge >= 0.3 is 15.4 Å². The van der Waals surface area contributed by atoms with Gasteiger partial charge in [0.2, 0.25) is 0 Å². The van der Waals surface area contributed by atoms with Gasteiger partial charge in [-0.15, -0.1) is 0 Å². The monoisotopic (exact) mass is 422 g/mol. The van der Waals surface area contributed by atoms with Gasteiger partial charge in [-0.25, -0.2) is 4.39 Å². The lowest BCUT2D eigenvalue weighted by molar-refractivity contribution is -0.304. The number of alkyl halides is 3. The molecule has 0 radical (unpaired) electrons. The van der Waals surface area contributed by atoms with E-state index in [1.165, 1.54) is 6.42 Å². The third kappa shape index (κ3) is 2.17. The van der Waals surface area contributed by atoms with Crippen molar-refractivity contribution in [3.05, 3.63) is 0 Å². The zero-order chi connectivity index (χ0) is 19.6. The fourth-order valence-electron chi connectivity index (χ4n) is 8.03. The molecule has 0 aromatic heterocycles. The molecular formula is C19H25F3O5S. The number of halogens is 3. The first-order valence-electron chi connectivity index (χ1n) is 10.4. The molecule has 6 aliphatic carbocycles. The summed E-state index contributed by atoms with van der Waals surface area (Å²) in [5, 5.41) is -4.79. The van der Waals surface area contributed by atoms with Crippen molar-refractivity contribution in [3.8, 4) is 0 Å². The van der Waals surface area contributed by atoms with E-state index in [2.05, 4.69) is 0 Å². The van der Waals surface area contributed by atoms with Gasteiger partial charge in [-0.2, -0.15) is 17.2 Å². The van der Waals surface area contributed by atoms with Gasteiger partial charge in [-0.05, 0) is 68.6 Å². The van der Waals surface area contributed by atoms with Crippen LogP contribution in [-0.2, 0) is 19.6 Å². The SMILES string of the molecule is O=S(=O)(O)C(F)(F)C(F)C1CC2CC1C1OC3(OC21)C1CC2CC(C1)CC3C2. The summed E-state index contributed by atoms with van der Waals surface area (Å²) >= 11 is 0. The van der Waals surface area contributed by atoms with E-state index in [9.17, 15) is 21.6 Å². The lowest BCUT2D eigenvalue weighted by Gasteiger charge is -2.58. The minimum absolute atomic E-state index is 0.0907. The van der Waals surface area contributed by atoms with Crippen molar-refractivity contribution in [2.24, 2.45) is 41.4 Å². The molecule has 1 saturated heterocycles. The Kier molecular flexibility index (Phi) is 3.58. The van der Waals surface area contributed by atoms with Crippen molar-refractivity contribution in [1.29, 1.82) is 0 Å². The Balaban J connectivity index is 1.26. The van der Waals surface area contributed by atoms with E-state index in [1.807, 2.05) is 0 Å². The van der Waals surface area contributed by atoms with Gasteiger partial charge in [0.1, 0.15) is 0 Å². The highest BCUT2D eigenvalue weighted by Gasteiger charge is 2.71. The Bertz CT molecular complexity index is 773. The van der Waals surface area contributed by atoms with E-state index in [1.54, 1.807) is 0 Å². The standard InChI is InChI=1S/C19H25F3O5S/c20-17(19(21,22)28(23,24)25)14-7-10-6-13(14)16-15(10)26-18(27-16)11-2-8-1-9(4-11)5-12(18)3-8/h8-17H,1-7H2,(H,23,24,25). The molecule has 7 aliphatic rings. The van der Waals surface area contributed by atoms with E-state index < -0.39 is 45.3 Å². The molecule has 1 heterocycles. The highest BCUT2D eigenvalue weighted by Crippen LogP contribution is 2.67. The molecule has 5 nitrogen and oxygen atoms in total. The van der Waals surface area contributed by atoms with Crippen molar-refractivity contribution in [3.63, 3.8) is 0 Å². The lowest BCUT2D eigenvalue weighted by atomic mass is 9.53. The lowest BCUT2D eigenvalue weighted by Crippen LogP contribution is -2.59. The van der Waals surface area contributed by atoms with E-state index in [4.69, 9.17) is 14.0 Å². The molecule has 7 fully saturated rings. The summed E-state index contributed by atoms with van der Waals surface area (Å²) in [6.07, 6.45) is 2.69. The van der Waals surface area contributed by atoms with Crippen molar-refractivity contribution in [1.82, 2.24) is 0 Å². The zero-order valence-electron chi connectivity index (χ0n) is 15.3. The number of rotatable bonds is 3. The van der Waals surface area contributed by atoms with Gasteiger partial charge in [0, 0.05) is 17.8 Å². The van der Waals surface area contributed by atoms with Gasteiger partial charge in [0.25, 0.3) is 0 Å². The normalized spacial score (nSPS) is 55.2. The minimum Gasteiger partial charge on any atom is -0.343 e. The topological polar surface area (TPSA) is 72.8 Å². The van der Waals surface area contributed by atoms with Crippen LogP contribution in [0.15, 0.2) is 0 Å². The van der Waals surface area contributed by atoms with Crippen LogP contribution in [0, 0.1) is 41.4 Å². The molecule has 6 atom stereocenters. The molecule has 158 valence electrons. The van der Waals surface area contributed by atoms with Crippen molar-refractivity contribution >= 4 is 10.1 Å². The average molecular weight is 422 g/mol. The number of hydrogen-bond acceptors (Lipinski definition) is 4. The summed E-state index contributed by atoms with van der Waals surface area (Å²) in [6.45, 7) is 0. The first-order valence-corrected chi connectivity index (χ1v) is 11.9. The third-order valence-corrected chi connectivity index (χ3v) is 9.78. The second-order valence-electron chi connectivity index (χ2n) is 10.2. The average Bonchev–Trinajstić information content (AvgIpc) is 3.27. The van der Waals surface area contributed by atoms with E-state index in [0.29, 0.717) is 18.3 Å². The maximum atomic E-state index is 14.6. The van der Waals surface area contributed by atoms with Crippen molar-refractivity contribution in [2.75, 3.05) is 0 Å². The molecule has 0 amide bonds. The minimum atomic E-state index is -5.80. The maximum Gasteiger partial charge on any atom is 0.400 e. The van der Waals surface area contributed by atoms with Crippen molar-refractivity contribution < 1.29 is 35.6 Å². The van der Waals surface area contributed by atoms with Gasteiger partial charge in [0.15, 0.2) is 12.0 Å². The molecule has 6 unspecified atom stereocenters. The van der Waals surface area contributed by atoms with Gasteiger partial charge < -0.3 is 9.47 Å². The summed E-state index contributed by atoms with van der Waals surface area (Å²) in [4.78, 5) is 0. The van der Waals surface area contributed by atoms with Gasteiger partial charge in [0.05, 0.1) is 12.2 Å². The molecule has 7 rings (SSSR count). The second kappa shape index (κ2) is 5.45. The predicted octanol–water partition coefficient (Wildman–Crippen LogP) is 3.40. The van der Waals surface area contributed by atoms with Crippen LogP contribution >= 0.6 is 0 Å². The Hall–Kier alpha value is -0.380. The quantitative estimate of drug-likeness (QED) is 0.706.